The first kappa shape index (κ1) is 21.8. The molecule has 154 valence electrons. The van der Waals surface area contributed by atoms with E-state index in [2.05, 4.69) is 21.2 Å². The molecule has 1 N–H and O–H groups in total. The van der Waals surface area contributed by atoms with Crippen LogP contribution in [0.15, 0.2) is 53.0 Å². The van der Waals surface area contributed by atoms with Crippen LogP contribution in [-0.4, -0.2) is 48.7 Å². The second kappa shape index (κ2) is 8.45. The maximum Gasteiger partial charge on any atom is 0.253 e. The lowest BCUT2D eigenvalue weighted by Crippen LogP contribution is -2.62. The molecule has 2 aromatic carbocycles. The van der Waals surface area contributed by atoms with Crippen molar-refractivity contribution >= 4 is 49.2 Å². The molecule has 3 rings (SSSR count). The molecular weight excluding hydrogens is 480 g/mol. The Morgan fingerprint density at radius 1 is 1.21 bits per heavy atom. The normalized spacial score (nSPS) is 20.9. The van der Waals surface area contributed by atoms with Crippen molar-refractivity contribution in [2.24, 2.45) is 0 Å². The monoisotopic (exact) mass is 498 g/mol. The van der Waals surface area contributed by atoms with Crippen LogP contribution in [0.2, 0.25) is 5.02 Å². The summed E-state index contributed by atoms with van der Waals surface area (Å²) in [5, 5.41) is 3.08. The van der Waals surface area contributed by atoms with E-state index in [-0.39, 0.29) is 31.3 Å². The zero-order valence-electron chi connectivity index (χ0n) is 15.7. The topological polar surface area (TPSA) is 83.6 Å². The second-order valence-corrected chi connectivity index (χ2v) is 10.9. The van der Waals surface area contributed by atoms with Crippen molar-refractivity contribution in [2.75, 3.05) is 18.8 Å². The Hall–Kier alpha value is -1.90. The Balaban J connectivity index is 1.79. The smallest absolute Gasteiger partial charge is 0.253 e. The fraction of sp³-hybridized carbons (Fsp3) is 0.300. The van der Waals surface area contributed by atoms with Crippen LogP contribution in [0.1, 0.15) is 22.8 Å². The van der Waals surface area contributed by atoms with Crippen LogP contribution in [0, 0.1) is 0 Å². The van der Waals surface area contributed by atoms with Gasteiger partial charge in [0.05, 0.1) is 10.8 Å². The fourth-order valence-corrected chi connectivity index (χ4v) is 5.21. The molecule has 6 nitrogen and oxygen atoms in total. The van der Waals surface area contributed by atoms with Gasteiger partial charge in [0.1, 0.15) is 0 Å². The van der Waals surface area contributed by atoms with Gasteiger partial charge < -0.3 is 10.2 Å². The summed E-state index contributed by atoms with van der Waals surface area (Å²) in [7, 11) is -3.73. The number of halogens is 2. The Morgan fingerprint density at radius 2 is 1.90 bits per heavy atom. The van der Waals surface area contributed by atoms with Crippen LogP contribution in [0.4, 0.5) is 0 Å². The van der Waals surface area contributed by atoms with Crippen LogP contribution < -0.4 is 5.32 Å². The average molecular weight is 500 g/mol. The summed E-state index contributed by atoms with van der Waals surface area (Å²) in [6.45, 7) is 1.39. The van der Waals surface area contributed by atoms with E-state index in [1.165, 1.54) is 17.9 Å². The highest BCUT2D eigenvalue weighted by molar-refractivity contribution is 9.10. The molecule has 0 aromatic heterocycles. The van der Waals surface area contributed by atoms with Crippen LogP contribution >= 0.6 is 27.5 Å². The van der Waals surface area contributed by atoms with Gasteiger partial charge in [0.15, 0.2) is 14.6 Å². The molecule has 1 fully saturated rings. The molecule has 0 bridgehead atoms. The maximum absolute atomic E-state index is 12.9. The molecule has 1 saturated heterocycles. The highest BCUT2D eigenvalue weighted by Gasteiger charge is 2.51. The number of hydrogen-bond donors (Lipinski definition) is 1. The van der Waals surface area contributed by atoms with Gasteiger partial charge in [-0.25, -0.2) is 8.42 Å². The van der Waals surface area contributed by atoms with Gasteiger partial charge in [-0.2, -0.15) is 0 Å². The van der Waals surface area contributed by atoms with Crippen molar-refractivity contribution < 1.29 is 18.0 Å². The van der Waals surface area contributed by atoms with Gasteiger partial charge in [-0.3, -0.25) is 9.59 Å². The highest BCUT2D eigenvalue weighted by atomic mass is 79.9. The molecule has 2 amide bonds. The number of hydrogen-bond acceptors (Lipinski definition) is 4. The van der Waals surface area contributed by atoms with Crippen molar-refractivity contribution in [1.82, 2.24) is 10.2 Å². The molecule has 0 radical (unpaired) electrons. The maximum atomic E-state index is 12.9. The first-order valence-electron chi connectivity index (χ1n) is 8.93. The van der Waals surface area contributed by atoms with E-state index in [1.54, 1.807) is 12.1 Å². The van der Waals surface area contributed by atoms with Gasteiger partial charge in [-0.1, -0.05) is 41.9 Å². The summed E-state index contributed by atoms with van der Waals surface area (Å²) >= 11 is 9.34. The molecule has 0 spiro atoms. The molecule has 29 heavy (non-hydrogen) atoms. The number of carbonyl (C=O) groups is 2. The van der Waals surface area contributed by atoms with Gasteiger partial charge in [0, 0.05) is 29.7 Å². The SMILES string of the molecule is C[C@@]1(C(=O)NCc2ccccc2)CN(C(=O)c2ccc(Br)c(Cl)c2)CCS1(=O)=O. The number of sulfone groups is 1. The largest absolute Gasteiger partial charge is 0.351 e. The quantitative estimate of drug-likeness (QED) is 0.701. The van der Waals surface area contributed by atoms with Crippen LogP contribution in [0.5, 0.6) is 0 Å². The van der Waals surface area contributed by atoms with Crippen molar-refractivity contribution in [2.45, 2.75) is 18.2 Å². The standard InChI is InChI=1S/C20H20BrClN2O4S/c1-20(19(26)23-12-14-5-3-2-4-6-14)13-24(9-10-29(20,27)28)18(25)15-7-8-16(21)17(22)11-15/h2-8,11H,9-10,12-13H2,1H3,(H,23,26)/t20-/m0/s1. The first-order chi connectivity index (χ1) is 13.6. The second-order valence-electron chi connectivity index (χ2n) is 7.07. The number of rotatable bonds is 4. The molecule has 1 heterocycles. The predicted octanol–water partition coefficient (Wildman–Crippen LogP) is 3.05. The third-order valence-electron chi connectivity index (χ3n) is 5.04. The van der Waals surface area contributed by atoms with Gasteiger partial charge >= 0.3 is 0 Å². The number of nitrogens with one attached hydrogen (secondary N) is 1. The summed E-state index contributed by atoms with van der Waals surface area (Å²) in [6.07, 6.45) is 0. The molecule has 1 aliphatic heterocycles. The Bertz CT molecular complexity index is 1050. The van der Waals surface area contributed by atoms with E-state index in [9.17, 15) is 18.0 Å². The van der Waals surface area contributed by atoms with Gasteiger partial charge in [0.2, 0.25) is 5.91 Å². The Morgan fingerprint density at radius 3 is 2.55 bits per heavy atom. The van der Waals surface area contributed by atoms with Crippen molar-refractivity contribution in [1.29, 1.82) is 0 Å². The van der Waals surface area contributed by atoms with Crippen molar-refractivity contribution in [3.63, 3.8) is 0 Å². The summed E-state index contributed by atoms with van der Waals surface area (Å²) in [5.41, 5.74) is 1.19. The molecule has 9 heteroatoms. The Kier molecular flexibility index (Phi) is 6.36. The van der Waals surface area contributed by atoms with Crippen LogP contribution in [-0.2, 0) is 21.2 Å². The van der Waals surface area contributed by atoms with E-state index in [0.717, 1.165) is 5.56 Å². The molecular formula is C20H20BrClN2O4S. The highest BCUT2D eigenvalue weighted by Crippen LogP contribution is 2.28. The zero-order valence-corrected chi connectivity index (χ0v) is 18.9. The third-order valence-corrected chi connectivity index (χ3v) is 8.68. The first-order valence-corrected chi connectivity index (χ1v) is 11.8. The minimum atomic E-state index is -3.73. The van der Waals surface area contributed by atoms with Crippen LogP contribution in [0.3, 0.4) is 0 Å². The lowest BCUT2D eigenvalue weighted by molar-refractivity contribution is -0.123. The number of amides is 2. The zero-order chi connectivity index (χ0) is 21.2. The van der Waals surface area contributed by atoms with Gasteiger partial charge in [-0.15, -0.1) is 0 Å². The Labute approximate surface area is 183 Å². The lowest BCUT2D eigenvalue weighted by atomic mass is 10.1. The minimum Gasteiger partial charge on any atom is -0.351 e. The average Bonchev–Trinajstić information content (AvgIpc) is 2.70. The summed E-state index contributed by atoms with van der Waals surface area (Å²) < 4.78 is 24.4. The minimum absolute atomic E-state index is 0.0242. The number of benzene rings is 2. The predicted molar refractivity (Wildman–Crippen MR) is 116 cm³/mol. The molecule has 1 aliphatic rings. The van der Waals surface area contributed by atoms with Crippen molar-refractivity contribution in [3.05, 3.63) is 69.2 Å². The van der Waals surface area contributed by atoms with E-state index < -0.39 is 20.5 Å². The fourth-order valence-electron chi connectivity index (χ4n) is 3.16. The summed E-state index contributed by atoms with van der Waals surface area (Å²) in [4.78, 5) is 27.1. The molecule has 1 atom stereocenters. The third kappa shape index (κ3) is 4.49. The van der Waals surface area contributed by atoms with Gasteiger partial charge in [0.25, 0.3) is 5.91 Å². The van der Waals surface area contributed by atoms with E-state index >= 15 is 0 Å². The summed E-state index contributed by atoms with van der Waals surface area (Å²) in [5.74, 6) is -1.26. The summed E-state index contributed by atoms with van der Waals surface area (Å²) in [6, 6.07) is 14.0. The lowest BCUT2D eigenvalue weighted by Gasteiger charge is -2.38. The van der Waals surface area contributed by atoms with E-state index in [1.807, 2.05) is 30.3 Å². The molecule has 0 saturated carbocycles. The molecule has 0 unspecified atom stereocenters. The van der Waals surface area contributed by atoms with E-state index in [0.29, 0.717) is 15.1 Å². The number of carbonyl (C=O) groups excluding carboxylic acids is 2. The number of nitrogens with zero attached hydrogens (tertiary/aromatic N) is 1. The van der Waals surface area contributed by atoms with E-state index in [4.69, 9.17) is 11.6 Å². The van der Waals surface area contributed by atoms with Crippen molar-refractivity contribution in [3.8, 4) is 0 Å². The van der Waals surface area contributed by atoms with Crippen LogP contribution in [0.25, 0.3) is 0 Å². The molecule has 2 aromatic rings. The van der Waals surface area contributed by atoms with Gasteiger partial charge in [-0.05, 0) is 46.6 Å². The molecule has 0 aliphatic carbocycles.